The van der Waals surface area contributed by atoms with Gasteiger partial charge >= 0.3 is 0 Å². The van der Waals surface area contributed by atoms with Crippen LogP contribution in [0.5, 0.6) is 5.75 Å². The topological polar surface area (TPSA) is 94.1 Å². The van der Waals surface area contributed by atoms with Crippen LogP contribution in [0.25, 0.3) is 0 Å². The fraction of sp³-hybridized carbons (Fsp3) is 0.381. The molecular weight excluding hydrogens is 390 g/mol. The van der Waals surface area contributed by atoms with Crippen molar-refractivity contribution < 1.29 is 22.8 Å². The minimum Gasteiger partial charge on any atom is -0.493 e. The van der Waals surface area contributed by atoms with E-state index in [4.69, 9.17) is 9.88 Å². The van der Waals surface area contributed by atoms with E-state index in [0.29, 0.717) is 24.2 Å². The number of hydrogen-bond donors (Lipinski definition) is 2. The van der Waals surface area contributed by atoms with Gasteiger partial charge in [-0.25, -0.2) is 13.6 Å². The van der Waals surface area contributed by atoms with Gasteiger partial charge < -0.3 is 14.5 Å². The highest BCUT2D eigenvalue weighted by atomic mass is 32.2. The summed E-state index contributed by atoms with van der Waals surface area (Å²) < 4.78 is 29.0. The van der Waals surface area contributed by atoms with E-state index in [1.165, 1.54) is 22.1 Å². The lowest BCUT2D eigenvalue weighted by Crippen LogP contribution is -3.13. The van der Waals surface area contributed by atoms with E-state index in [1.807, 2.05) is 0 Å². The van der Waals surface area contributed by atoms with Crippen LogP contribution in [0.4, 0.5) is 0 Å². The maximum Gasteiger partial charge on any atom is 0.254 e. The van der Waals surface area contributed by atoms with Gasteiger partial charge in [0, 0.05) is 17.5 Å². The monoisotopic (exact) mass is 416 g/mol. The number of aryl methyl sites for hydroxylation is 1. The standard InChI is InChI=1S/C21H25N3O4S/c1-15-2-4-18(13-20(15)29(22,26)27)21(25)24-9-7-23(8-10-24)14-16-3-5-19-17(12-16)6-11-28-19/h2-5,12-13H,6-11,14H2,1H3,(H2,22,26,27)/p+1. The van der Waals surface area contributed by atoms with Crippen LogP contribution in [0.15, 0.2) is 41.3 Å². The molecule has 1 saturated heterocycles. The van der Waals surface area contributed by atoms with E-state index in [1.54, 1.807) is 24.0 Å². The zero-order valence-electron chi connectivity index (χ0n) is 16.5. The van der Waals surface area contributed by atoms with Crippen molar-refractivity contribution in [2.75, 3.05) is 32.8 Å². The third kappa shape index (κ3) is 4.29. The Labute approximate surface area is 171 Å². The number of carbonyl (C=O) groups excluding carboxylic acids is 1. The molecule has 0 aliphatic carbocycles. The molecular formula is C21H26N3O4S+. The van der Waals surface area contributed by atoms with Crippen molar-refractivity contribution >= 4 is 15.9 Å². The highest BCUT2D eigenvalue weighted by Crippen LogP contribution is 2.25. The number of hydrogen-bond acceptors (Lipinski definition) is 4. The van der Waals surface area contributed by atoms with Gasteiger partial charge in [0.05, 0.1) is 37.7 Å². The van der Waals surface area contributed by atoms with E-state index >= 15 is 0 Å². The molecule has 7 nitrogen and oxygen atoms in total. The molecule has 0 atom stereocenters. The van der Waals surface area contributed by atoms with Crippen molar-refractivity contribution in [3.63, 3.8) is 0 Å². The van der Waals surface area contributed by atoms with Gasteiger partial charge in [0.1, 0.15) is 12.3 Å². The molecule has 0 aromatic heterocycles. The van der Waals surface area contributed by atoms with E-state index in [2.05, 4.69) is 18.2 Å². The fourth-order valence-electron chi connectivity index (χ4n) is 4.06. The molecule has 154 valence electrons. The molecule has 4 rings (SSSR count). The molecule has 1 amide bonds. The summed E-state index contributed by atoms with van der Waals surface area (Å²) in [5, 5.41) is 5.27. The Kier molecular flexibility index (Phi) is 5.33. The molecule has 0 unspecified atom stereocenters. The van der Waals surface area contributed by atoms with Crippen LogP contribution in [-0.2, 0) is 23.0 Å². The molecule has 0 radical (unpaired) electrons. The molecule has 2 aliphatic rings. The minimum absolute atomic E-state index is 0.00759. The molecule has 8 heteroatoms. The van der Waals surface area contributed by atoms with Gasteiger partial charge in [0.25, 0.3) is 5.91 Å². The lowest BCUT2D eigenvalue weighted by atomic mass is 10.1. The highest BCUT2D eigenvalue weighted by Gasteiger charge is 2.26. The summed E-state index contributed by atoms with van der Waals surface area (Å²) in [6.45, 7) is 6.34. The summed E-state index contributed by atoms with van der Waals surface area (Å²) in [4.78, 5) is 16.1. The third-order valence-electron chi connectivity index (χ3n) is 5.71. The number of nitrogens with two attached hydrogens (primary N) is 1. The average molecular weight is 417 g/mol. The number of piperazine rings is 1. The Hall–Kier alpha value is -2.42. The second kappa shape index (κ2) is 7.78. The highest BCUT2D eigenvalue weighted by molar-refractivity contribution is 7.89. The first-order valence-corrected chi connectivity index (χ1v) is 11.4. The molecule has 29 heavy (non-hydrogen) atoms. The number of rotatable bonds is 4. The minimum atomic E-state index is -3.85. The number of benzene rings is 2. The second-order valence-electron chi connectivity index (χ2n) is 7.78. The molecule has 2 aliphatic heterocycles. The maximum atomic E-state index is 12.9. The van der Waals surface area contributed by atoms with Gasteiger partial charge in [0.15, 0.2) is 0 Å². The molecule has 2 heterocycles. The number of fused-ring (bicyclic) bond motifs is 1. The predicted octanol–water partition coefficient (Wildman–Crippen LogP) is 0.118. The smallest absolute Gasteiger partial charge is 0.254 e. The van der Waals surface area contributed by atoms with Gasteiger partial charge in [-0.15, -0.1) is 0 Å². The lowest BCUT2D eigenvalue weighted by Gasteiger charge is -2.32. The summed E-state index contributed by atoms with van der Waals surface area (Å²) in [7, 11) is -3.85. The van der Waals surface area contributed by atoms with Gasteiger partial charge in [-0.1, -0.05) is 6.07 Å². The number of amides is 1. The number of nitrogens with zero attached hydrogens (tertiary/aromatic N) is 1. The van der Waals surface area contributed by atoms with E-state index in [-0.39, 0.29) is 10.8 Å². The van der Waals surface area contributed by atoms with Crippen molar-refractivity contribution in [1.29, 1.82) is 0 Å². The Morgan fingerprint density at radius 1 is 1.17 bits per heavy atom. The van der Waals surface area contributed by atoms with Crippen molar-refractivity contribution in [2.45, 2.75) is 24.8 Å². The van der Waals surface area contributed by atoms with Crippen LogP contribution in [0.1, 0.15) is 27.0 Å². The predicted molar refractivity (Wildman–Crippen MR) is 108 cm³/mol. The van der Waals surface area contributed by atoms with Crippen molar-refractivity contribution in [3.05, 3.63) is 58.7 Å². The summed E-state index contributed by atoms with van der Waals surface area (Å²) in [5.41, 5.74) is 3.47. The lowest BCUT2D eigenvalue weighted by molar-refractivity contribution is -0.917. The fourth-order valence-corrected chi connectivity index (χ4v) is 4.87. The molecule has 3 N–H and O–H groups in total. The Bertz CT molecular complexity index is 1040. The quantitative estimate of drug-likeness (QED) is 0.740. The summed E-state index contributed by atoms with van der Waals surface area (Å²) >= 11 is 0. The molecule has 0 bridgehead atoms. The van der Waals surface area contributed by atoms with Crippen molar-refractivity contribution in [1.82, 2.24) is 4.90 Å². The number of ether oxygens (including phenoxy) is 1. The van der Waals surface area contributed by atoms with Gasteiger partial charge in [-0.05, 0) is 48.4 Å². The first kappa shape index (κ1) is 19.9. The van der Waals surface area contributed by atoms with Gasteiger partial charge in [0.2, 0.25) is 10.0 Å². The maximum absolute atomic E-state index is 12.9. The largest absolute Gasteiger partial charge is 0.493 e. The van der Waals surface area contributed by atoms with E-state index in [9.17, 15) is 13.2 Å². The second-order valence-corrected chi connectivity index (χ2v) is 9.31. The Balaban J connectivity index is 1.39. The Morgan fingerprint density at radius 3 is 2.66 bits per heavy atom. The summed E-state index contributed by atoms with van der Waals surface area (Å²) in [6, 6.07) is 11.1. The first-order chi connectivity index (χ1) is 13.8. The molecule has 0 saturated carbocycles. The number of sulfonamides is 1. The van der Waals surface area contributed by atoms with Gasteiger partial charge in [-0.2, -0.15) is 0 Å². The molecule has 1 fully saturated rings. The Morgan fingerprint density at radius 2 is 1.93 bits per heavy atom. The zero-order chi connectivity index (χ0) is 20.6. The van der Waals surface area contributed by atoms with Crippen molar-refractivity contribution in [2.24, 2.45) is 5.14 Å². The van der Waals surface area contributed by atoms with Crippen LogP contribution in [0.3, 0.4) is 0 Å². The summed E-state index contributed by atoms with van der Waals surface area (Å²) in [6.07, 6.45) is 0.970. The van der Waals surface area contributed by atoms with Crippen LogP contribution in [-0.4, -0.2) is 52.0 Å². The molecule has 2 aromatic carbocycles. The number of primary sulfonamides is 1. The SMILES string of the molecule is Cc1ccc(C(=O)N2CC[NH+](Cc3ccc4c(c3)CCO4)CC2)cc1S(N)(=O)=O. The number of carbonyl (C=O) groups is 1. The van der Waals surface area contributed by atoms with E-state index in [0.717, 1.165) is 38.4 Å². The zero-order valence-corrected chi connectivity index (χ0v) is 17.3. The van der Waals surface area contributed by atoms with Crippen LogP contribution in [0, 0.1) is 6.92 Å². The number of nitrogens with one attached hydrogen (secondary N) is 1. The average Bonchev–Trinajstić information content (AvgIpc) is 3.15. The van der Waals surface area contributed by atoms with Gasteiger partial charge in [-0.3, -0.25) is 4.79 Å². The van der Waals surface area contributed by atoms with Crippen LogP contribution >= 0.6 is 0 Å². The van der Waals surface area contributed by atoms with Crippen molar-refractivity contribution in [3.8, 4) is 5.75 Å². The van der Waals surface area contributed by atoms with Crippen LogP contribution in [0.2, 0.25) is 0 Å². The van der Waals surface area contributed by atoms with E-state index < -0.39 is 10.0 Å². The molecule has 2 aromatic rings. The summed E-state index contributed by atoms with van der Waals surface area (Å²) in [5.74, 6) is 0.847. The normalized spacial score (nSPS) is 17.1. The van der Waals surface area contributed by atoms with Crippen LogP contribution < -0.4 is 14.8 Å². The third-order valence-corrected chi connectivity index (χ3v) is 6.76. The molecule has 0 spiro atoms. The first-order valence-electron chi connectivity index (χ1n) is 9.82. The number of quaternary nitrogens is 1.